The number of anilines is 3. The average molecular weight is 408 g/mol. The van der Waals surface area contributed by atoms with Crippen LogP contribution >= 0.6 is 0 Å². The van der Waals surface area contributed by atoms with E-state index in [9.17, 15) is 4.79 Å². The first kappa shape index (κ1) is 18.6. The monoisotopic (exact) mass is 408 g/mol. The number of H-pyrrole nitrogens is 1. The largest absolute Gasteiger partial charge is 0.465 e. The Hall–Kier alpha value is -3.43. The first-order valence-electron chi connectivity index (χ1n) is 10.3. The number of fused-ring (bicyclic) bond motifs is 2. The maximum Gasteiger partial charge on any atom is 0.404 e. The molecular weight excluding hydrogens is 384 g/mol. The number of hydrogen-bond donors (Lipinski definition) is 3. The van der Waals surface area contributed by atoms with Gasteiger partial charge in [-0.1, -0.05) is 0 Å². The predicted molar refractivity (Wildman–Crippen MR) is 112 cm³/mol. The molecule has 3 aromatic heterocycles. The Balaban J connectivity index is 1.41. The number of aromatic amines is 1. The summed E-state index contributed by atoms with van der Waals surface area (Å²) >= 11 is 0. The molecule has 1 saturated heterocycles. The zero-order valence-electron chi connectivity index (χ0n) is 16.7. The lowest BCUT2D eigenvalue weighted by atomic mass is 9.98. The average Bonchev–Trinajstić information content (AvgIpc) is 3.16. The van der Waals surface area contributed by atoms with Crippen LogP contribution in [0.3, 0.4) is 0 Å². The Morgan fingerprint density at radius 2 is 2.23 bits per heavy atom. The number of nitrogens with one attached hydrogen (secondary N) is 2. The van der Waals surface area contributed by atoms with Crippen molar-refractivity contribution in [3.8, 4) is 0 Å². The normalized spacial score (nSPS) is 21.5. The first-order valence-corrected chi connectivity index (χ1v) is 10.3. The number of aromatic nitrogens is 5. The van der Waals surface area contributed by atoms with Crippen molar-refractivity contribution in [2.75, 3.05) is 22.9 Å². The highest BCUT2D eigenvalue weighted by Gasteiger charge is 2.29. The van der Waals surface area contributed by atoms with Crippen LogP contribution in [0.5, 0.6) is 0 Å². The van der Waals surface area contributed by atoms with Gasteiger partial charge in [0.2, 0.25) is 0 Å². The van der Waals surface area contributed by atoms with Crippen LogP contribution in [-0.2, 0) is 6.42 Å². The number of carboxylic acid groups (broad SMARTS) is 1. The maximum atomic E-state index is 10.9. The van der Waals surface area contributed by atoms with Gasteiger partial charge in [0.1, 0.15) is 5.82 Å². The number of pyridine rings is 1. The molecule has 0 unspecified atom stereocenters. The number of amides is 1. The van der Waals surface area contributed by atoms with Gasteiger partial charge in [-0.3, -0.25) is 10.1 Å². The number of nitrogens with zero attached hydrogens (tertiary/aromatic N) is 6. The van der Waals surface area contributed by atoms with Crippen LogP contribution < -0.4 is 15.1 Å². The van der Waals surface area contributed by atoms with E-state index in [1.165, 1.54) is 0 Å². The van der Waals surface area contributed by atoms with Gasteiger partial charge in [-0.25, -0.2) is 14.8 Å². The first-order chi connectivity index (χ1) is 14.6. The number of aryl methyl sites for hydroxylation is 1. The molecule has 10 heteroatoms. The molecule has 5 heterocycles. The van der Waals surface area contributed by atoms with E-state index in [1.54, 1.807) is 6.20 Å². The second kappa shape index (κ2) is 7.43. The van der Waals surface area contributed by atoms with Crippen molar-refractivity contribution in [2.45, 2.75) is 44.7 Å². The van der Waals surface area contributed by atoms with Gasteiger partial charge >= 0.3 is 6.09 Å². The summed E-state index contributed by atoms with van der Waals surface area (Å²) < 4.78 is 0. The van der Waals surface area contributed by atoms with Gasteiger partial charge in [0, 0.05) is 31.4 Å². The highest BCUT2D eigenvalue weighted by molar-refractivity contribution is 5.87. The van der Waals surface area contributed by atoms with Crippen LogP contribution in [-0.4, -0.2) is 61.5 Å². The molecule has 0 saturated carbocycles. The standard InChI is InChI=1S/C20H24N8O2/c1-12-10-13(23-20(29)30)6-9-27(12)16-11-22-17-18(24-16)25-26-19(17)28-8-3-4-14-15(28)5-2-7-21-14/h2,5,7,11-13,23H,3-4,6,8-10H2,1H3,(H,29,30)(H,24,25,26)/t12-,13+/m1/s1. The molecule has 1 fully saturated rings. The van der Waals surface area contributed by atoms with Crippen molar-refractivity contribution < 1.29 is 9.90 Å². The maximum absolute atomic E-state index is 10.9. The molecule has 0 aliphatic carbocycles. The fraction of sp³-hybridized carbons (Fsp3) is 0.450. The molecule has 0 radical (unpaired) electrons. The summed E-state index contributed by atoms with van der Waals surface area (Å²) in [6, 6.07) is 4.14. The Kier molecular flexibility index (Phi) is 4.61. The summed E-state index contributed by atoms with van der Waals surface area (Å²) in [5.41, 5.74) is 3.54. The number of carbonyl (C=O) groups is 1. The topological polar surface area (TPSA) is 123 Å². The Morgan fingerprint density at radius 1 is 1.33 bits per heavy atom. The van der Waals surface area contributed by atoms with Crippen molar-refractivity contribution in [1.82, 2.24) is 30.5 Å². The highest BCUT2D eigenvalue weighted by atomic mass is 16.4. The Labute approximate surface area is 173 Å². The molecule has 0 spiro atoms. The highest BCUT2D eigenvalue weighted by Crippen LogP contribution is 2.34. The van der Waals surface area contributed by atoms with Gasteiger partial charge in [0.05, 0.1) is 17.6 Å². The Bertz CT molecular complexity index is 1080. The zero-order chi connectivity index (χ0) is 20.7. The molecule has 2 aliphatic rings. The van der Waals surface area contributed by atoms with Crippen LogP contribution in [0, 0.1) is 0 Å². The van der Waals surface area contributed by atoms with Crippen LogP contribution in [0.2, 0.25) is 0 Å². The second-order valence-electron chi connectivity index (χ2n) is 7.91. The minimum atomic E-state index is -0.971. The van der Waals surface area contributed by atoms with Gasteiger partial charge in [0.25, 0.3) is 0 Å². The molecule has 156 valence electrons. The van der Waals surface area contributed by atoms with E-state index in [4.69, 9.17) is 15.1 Å². The second-order valence-corrected chi connectivity index (χ2v) is 7.91. The van der Waals surface area contributed by atoms with Crippen LogP contribution in [0.25, 0.3) is 11.2 Å². The summed E-state index contributed by atoms with van der Waals surface area (Å²) in [5, 5.41) is 19.1. The summed E-state index contributed by atoms with van der Waals surface area (Å²) in [5.74, 6) is 1.55. The third kappa shape index (κ3) is 3.27. The minimum absolute atomic E-state index is 0.0306. The van der Waals surface area contributed by atoms with Crippen LogP contribution in [0.4, 0.5) is 22.1 Å². The molecule has 2 aliphatic heterocycles. The molecule has 0 aromatic carbocycles. The third-order valence-corrected chi connectivity index (χ3v) is 5.95. The molecule has 0 bridgehead atoms. The lowest BCUT2D eigenvalue weighted by molar-refractivity contribution is 0.186. The van der Waals surface area contributed by atoms with Crippen molar-refractivity contribution in [2.24, 2.45) is 0 Å². The van der Waals surface area contributed by atoms with Gasteiger partial charge in [-0.15, -0.1) is 0 Å². The quantitative estimate of drug-likeness (QED) is 0.604. The van der Waals surface area contributed by atoms with E-state index in [0.717, 1.165) is 67.3 Å². The smallest absolute Gasteiger partial charge is 0.404 e. The molecule has 30 heavy (non-hydrogen) atoms. The summed E-state index contributed by atoms with van der Waals surface area (Å²) in [6.07, 6.45) is 6.10. The number of rotatable bonds is 3. The third-order valence-electron chi connectivity index (χ3n) is 5.95. The van der Waals surface area contributed by atoms with E-state index in [0.29, 0.717) is 5.65 Å². The van der Waals surface area contributed by atoms with E-state index in [2.05, 4.69) is 43.3 Å². The van der Waals surface area contributed by atoms with Crippen LogP contribution in [0.1, 0.15) is 31.9 Å². The van der Waals surface area contributed by atoms with Gasteiger partial charge in [0.15, 0.2) is 17.0 Å². The molecule has 1 amide bonds. The minimum Gasteiger partial charge on any atom is -0.465 e. The van der Waals surface area contributed by atoms with E-state index in [-0.39, 0.29) is 12.1 Å². The predicted octanol–water partition coefficient (Wildman–Crippen LogP) is 2.46. The molecule has 2 atom stereocenters. The molecule has 5 rings (SSSR count). The van der Waals surface area contributed by atoms with E-state index in [1.807, 2.05) is 12.3 Å². The van der Waals surface area contributed by atoms with Gasteiger partial charge in [-0.05, 0) is 44.7 Å². The lowest BCUT2D eigenvalue weighted by Gasteiger charge is -2.38. The van der Waals surface area contributed by atoms with Gasteiger partial charge < -0.3 is 20.2 Å². The van der Waals surface area contributed by atoms with Crippen molar-refractivity contribution in [3.05, 3.63) is 30.2 Å². The summed E-state index contributed by atoms with van der Waals surface area (Å²) in [7, 11) is 0. The molecule has 3 N–H and O–H groups in total. The summed E-state index contributed by atoms with van der Waals surface area (Å²) in [4.78, 5) is 29.2. The summed E-state index contributed by atoms with van der Waals surface area (Å²) in [6.45, 7) is 3.67. The number of hydrogen-bond acceptors (Lipinski definition) is 7. The van der Waals surface area contributed by atoms with Crippen molar-refractivity contribution in [1.29, 1.82) is 0 Å². The Morgan fingerprint density at radius 3 is 3.07 bits per heavy atom. The molecule has 3 aromatic rings. The van der Waals surface area contributed by atoms with Crippen molar-refractivity contribution >= 4 is 34.6 Å². The van der Waals surface area contributed by atoms with E-state index < -0.39 is 6.09 Å². The molecule has 10 nitrogen and oxygen atoms in total. The van der Waals surface area contributed by atoms with Crippen molar-refractivity contribution in [3.63, 3.8) is 0 Å². The zero-order valence-corrected chi connectivity index (χ0v) is 16.7. The fourth-order valence-corrected chi connectivity index (χ4v) is 4.54. The number of piperidine rings is 1. The van der Waals surface area contributed by atoms with Gasteiger partial charge in [-0.2, -0.15) is 5.10 Å². The van der Waals surface area contributed by atoms with E-state index >= 15 is 0 Å². The lowest BCUT2D eigenvalue weighted by Crippen LogP contribution is -2.49. The molecular formula is C20H24N8O2. The van der Waals surface area contributed by atoms with Crippen LogP contribution in [0.15, 0.2) is 24.5 Å². The fourth-order valence-electron chi connectivity index (χ4n) is 4.54. The SMILES string of the molecule is C[C@@H]1C[C@@H](NC(=O)O)CCN1c1cnc2c(N3CCCc4ncccc43)n[nH]c2n1.